The van der Waals surface area contributed by atoms with E-state index in [9.17, 15) is 4.79 Å². The largest absolute Gasteiger partial charge is 0.283 e. The van der Waals surface area contributed by atoms with Crippen LogP contribution in [0.1, 0.15) is 11.1 Å². The summed E-state index contributed by atoms with van der Waals surface area (Å²) in [7, 11) is 0. The molecule has 0 unspecified atom stereocenters. The van der Waals surface area contributed by atoms with Gasteiger partial charge < -0.3 is 0 Å². The fraction of sp³-hybridized carbons (Fsp3) is 0.0769. The van der Waals surface area contributed by atoms with Gasteiger partial charge in [-0.15, -0.1) is 0 Å². The van der Waals surface area contributed by atoms with Gasteiger partial charge in [0, 0.05) is 11.2 Å². The first-order valence-electron chi connectivity index (χ1n) is 5.02. The molecule has 2 rings (SSSR count). The Kier molecular flexibility index (Phi) is 2.99. The van der Waals surface area contributed by atoms with Crippen LogP contribution in [0.2, 0.25) is 5.02 Å². The molecule has 0 saturated heterocycles. The van der Waals surface area contributed by atoms with E-state index in [2.05, 4.69) is 0 Å². The van der Waals surface area contributed by atoms with Gasteiger partial charge in [-0.1, -0.05) is 17.7 Å². The molecule has 4 heteroatoms. The van der Waals surface area contributed by atoms with Crippen LogP contribution in [-0.4, -0.2) is 4.57 Å². The predicted molar refractivity (Wildman–Crippen MR) is 66.5 cm³/mol. The van der Waals surface area contributed by atoms with Crippen molar-refractivity contribution in [1.82, 2.24) is 4.57 Å². The summed E-state index contributed by atoms with van der Waals surface area (Å²) in [6.07, 6.45) is 1.63. The van der Waals surface area contributed by atoms with Crippen molar-refractivity contribution in [2.45, 2.75) is 6.92 Å². The standard InChI is InChI=1S/C13H9ClN2O/c1-9-4-5-11(14)7-12(9)16-6-2-3-10(8-15)13(16)17/h2-7H,1H3. The van der Waals surface area contributed by atoms with Crippen molar-refractivity contribution in [3.05, 3.63) is 63.0 Å². The van der Waals surface area contributed by atoms with Crippen molar-refractivity contribution in [2.24, 2.45) is 0 Å². The smallest absolute Gasteiger partial charge is 0.272 e. The maximum absolute atomic E-state index is 12.0. The van der Waals surface area contributed by atoms with E-state index < -0.39 is 0 Å². The second-order valence-corrected chi connectivity index (χ2v) is 4.08. The third-order valence-electron chi connectivity index (χ3n) is 2.50. The summed E-state index contributed by atoms with van der Waals surface area (Å²) in [4.78, 5) is 12.0. The van der Waals surface area contributed by atoms with Crippen molar-refractivity contribution in [1.29, 1.82) is 5.26 Å². The first-order chi connectivity index (χ1) is 8.13. The quantitative estimate of drug-likeness (QED) is 0.774. The van der Waals surface area contributed by atoms with E-state index in [1.807, 2.05) is 19.1 Å². The van der Waals surface area contributed by atoms with Crippen molar-refractivity contribution < 1.29 is 0 Å². The Hall–Kier alpha value is -2.05. The van der Waals surface area contributed by atoms with Crippen LogP contribution in [0.3, 0.4) is 0 Å². The summed E-state index contributed by atoms with van der Waals surface area (Å²) in [6, 6.07) is 10.3. The number of aromatic nitrogens is 1. The van der Waals surface area contributed by atoms with Crippen LogP contribution < -0.4 is 5.56 Å². The average molecular weight is 245 g/mol. The highest BCUT2D eigenvalue weighted by molar-refractivity contribution is 6.30. The lowest BCUT2D eigenvalue weighted by Gasteiger charge is -2.09. The van der Waals surface area contributed by atoms with Gasteiger partial charge in [-0.05, 0) is 36.8 Å². The molecule has 0 spiro atoms. The van der Waals surface area contributed by atoms with Gasteiger partial charge in [0.2, 0.25) is 0 Å². The minimum Gasteiger partial charge on any atom is -0.283 e. The van der Waals surface area contributed by atoms with Crippen LogP contribution in [0.25, 0.3) is 5.69 Å². The summed E-state index contributed by atoms with van der Waals surface area (Å²) in [5.74, 6) is 0. The molecule has 0 atom stereocenters. The van der Waals surface area contributed by atoms with Gasteiger partial charge in [-0.25, -0.2) is 0 Å². The van der Waals surface area contributed by atoms with Crippen molar-refractivity contribution in [2.75, 3.05) is 0 Å². The maximum Gasteiger partial charge on any atom is 0.272 e. The molecule has 0 N–H and O–H groups in total. The zero-order chi connectivity index (χ0) is 12.4. The van der Waals surface area contributed by atoms with Crippen molar-refractivity contribution >= 4 is 11.6 Å². The molecule has 0 aliphatic rings. The van der Waals surface area contributed by atoms with Crippen LogP contribution in [0.5, 0.6) is 0 Å². The molecule has 3 nitrogen and oxygen atoms in total. The zero-order valence-electron chi connectivity index (χ0n) is 9.14. The van der Waals surface area contributed by atoms with Crippen LogP contribution >= 0.6 is 11.6 Å². The Balaban J connectivity index is 2.74. The number of nitriles is 1. The molecule has 1 aromatic heterocycles. The Labute approximate surface area is 104 Å². The number of hydrogen-bond acceptors (Lipinski definition) is 2. The molecule has 84 valence electrons. The summed E-state index contributed by atoms with van der Waals surface area (Å²) < 4.78 is 1.43. The number of rotatable bonds is 1. The summed E-state index contributed by atoms with van der Waals surface area (Å²) >= 11 is 5.91. The normalized spacial score (nSPS) is 9.94. The fourth-order valence-electron chi connectivity index (χ4n) is 1.61. The van der Waals surface area contributed by atoms with Gasteiger partial charge in [0.25, 0.3) is 5.56 Å². The highest BCUT2D eigenvalue weighted by Gasteiger charge is 2.07. The van der Waals surface area contributed by atoms with Gasteiger partial charge in [0.1, 0.15) is 11.6 Å². The average Bonchev–Trinajstić information content (AvgIpc) is 2.33. The monoisotopic (exact) mass is 244 g/mol. The number of nitrogens with zero attached hydrogens (tertiary/aromatic N) is 2. The molecular formula is C13H9ClN2O. The third-order valence-corrected chi connectivity index (χ3v) is 2.73. The summed E-state index contributed by atoms with van der Waals surface area (Å²) in [5.41, 5.74) is 1.40. The van der Waals surface area contributed by atoms with E-state index in [-0.39, 0.29) is 11.1 Å². The van der Waals surface area contributed by atoms with Gasteiger partial charge in [-0.3, -0.25) is 9.36 Å². The number of hydrogen-bond donors (Lipinski definition) is 0. The molecule has 0 radical (unpaired) electrons. The van der Waals surface area contributed by atoms with E-state index in [4.69, 9.17) is 16.9 Å². The van der Waals surface area contributed by atoms with Gasteiger partial charge in [0.15, 0.2) is 0 Å². The SMILES string of the molecule is Cc1ccc(Cl)cc1-n1cccc(C#N)c1=O. The highest BCUT2D eigenvalue weighted by atomic mass is 35.5. The second kappa shape index (κ2) is 4.44. The Morgan fingerprint density at radius 2 is 2.12 bits per heavy atom. The molecule has 1 heterocycles. The van der Waals surface area contributed by atoms with E-state index in [0.29, 0.717) is 10.7 Å². The number of pyridine rings is 1. The molecule has 0 saturated carbocycles. The molecule has 17 heavy (non-hydrogen) atoms. The first kappa shape index (κ1) is 11.4. The van der Waals surface area contributed by atoms with Crippen molar-refractivity contribution in [3.8, 4) is 11.8 Å². The van der Waals surface area contributed by atoms with Crippen LogP contribution in [0, 0.1) is 18.3 Å². The lowest BCUT2D eigenvalue weighted by Crippen LogP contribution is -2.20. The summed E-state index contributed by atoms with van der Waals surface area (Å²) in [5, 5.41) is 9.38. The number of benzene rings is 1. The Morgan fingerprint density at radius 3 is 2.82 bits per heavy atom. The molecule has 1 aromatic carbocycles. The molecule has 0 aliphatic heterocycles. The zero-order valence-corrected chi connectivity index (χ0v) is 9.90. The van der Waals surface area contributed by atoms with Gasteiger partial charge in [-0.2, -0.15) is 5.26 Å². The molecule has 0 aliphatic carbocycles. The van der Waals surface area contributed by atoms with Crippen molar-refractivity contribution in [3.63, 3.8) is 0 Å². The van der Waals surface area contributed by atoms with Crippen LogP contribution in [0.15, 0.2) is 41.3 Å². The predicted octanol–water partition coefficient (Wildman–Crippen LogP) is 2.67. The van der Waals surface area contributed by atoms with E-state index in [1.54, 1.807) is 24.4 Å². The lowest BCUT2D eigenvalue weighted by atomic mass is 10.2. The van der Waals surface area contributed by atoms with Crippen LogP contribution in [-0.2, 0) is 0 Å². The molecule has 2 aromatic rings. The number of halogens is 1. The fourth-order valence-corrected chi connectivity index (χ4v) is 1.78. The molecule has 0 fully saturated rings. The molecular weight excluding hydrogens is 236 g/mol. The third kappa shape index (κ3) is 2.08. The minimum absolute atomic E-state index is 0.117. The lowest BCUT2D eigenvalue weighted by molar-refractivity contribution is 0.971. The molecule has 0 bridgehead atoms. The topological polar surface area (TPSA) is 45.8 Å². The van der Waals surface area contributed by atoms with Gasteiger partial charge >= 0.3 is 0 Å². The van der Waals surface area contributed by atoms with Gasteiger partial charge in [0.05, 0.1) is 5.69 Å². The van der Waals surface area contributed by atoms with E-state index >= 15 is 0 Å². The van der Waals surface area contributed by atoms with E-state index in [0.717, 1.165) is 5.56 Å². The first-order valence-corrected chi connectivity index (χ1v) is 5.39. The van der Waals surface area contributed by atoms with E-state index in [1.165, 1.54) is 10.6 Å². The second-order valence-electron chi connectivity index (χ2n) is 3.64. The number of aryl methyl sites for hydroxylation is 1. The maximum atomic E-state index is 12.0. The Bertz CT molecular complexity index is 668. The van der Waals surface area contributed by atoms with Crippen LogP contribution in [0.4, 0.5) is 0 Å². The highest BCUT2D eigenvalue weighted by Crippen LogP contribution is 2.18. The molecule has 0 amide bonds. The Morgan fingerprint density at radius 1 is 1.35 bits per heavy atom. The minimum atomic E-state index is -0.333. The summed E-state index contributed by atoms with van der Waals surface area (Å²) in [6.45, 7) is 1.89.